The van der Waals surface area contributed by atoms with Crippen LogP contribution >= 0.6 is 24.0 Å². The summed E-state index contributed by atoms with van der Waals surface area (Å²) in [5, 5.41) is 11.1. The zero-order chi connectivity index (χ0) is 13.1. The molecule has 1 aliphatic rings. The van der Waals surface area contributed by atoms with Crippen LogP contribution in [0.1, 0.15) is 37.3 Å². The molecule has 1 aliphatic carbocycles. The van der Waals surface area contributed by atoms with Crippen LogP contribution in [0.15, 0.2) is 24.3 Å². The summed E-state index contributed by atoms with van der Waals surface area (Å²) in [6.45, 7) is 0. The Hall–Kier alpha value is -0.280. The summed E-state index contributed by atoms with van der Waals surface area (Å²) in [6.07, 6.45) is 4.13. The fourth-order valence-electron chi connectivity index (χ4n) is 3.11. The van der Waals surface area contributed by atoms with Crippen LogP contribution in [0.4, 0.5) is 0 Å². The second-order valence-electron chi connectivity index (χ2n) is 5.45. The summed E-state index contributed by atoms with van der Waals surface area (Å²) in [7, 11) is 4.13. The molecule has 0 heterocycles. The van der Waals surface area contributed by atoms with Crippen molar-refractivity contribution >= 4 is 24.0 Å². The highest BCUT2D eigenvalue weighted by Crippen LogP contribution is 2.39. The first-order chi connectivity index (χ1) is 8.61. The van der Waals surface area contributed by atoms with Crippen molar-refractivity contribution < 1.29 is 5.11 Å². The van der Waals surface area contributed by atoms with Gasteiger partial charge in [-0.2, -0.15) is 0 Å². The summed E-state index contributed by atoms with van der Waals surface area (Å²) < 4.78 is 0. The van der Waals surface area contributed by atoms with Crippen LogP contribution in [-0.2, 0) is 0 Å². The molecule has 1 saturated carbocycles. The highest BCUT2D eigenvalue weighted by atomic mass is 35.5. The van der Waals surface area contributed by atoms with Gasteiger partial charge in [-0.1, -0.05) is 42.6 Å². The third-order valence-electron chi connectivity index (χ3n) is 3.97. The first kappa shape index (κ1) is 16.8. The smallest absolute Gasteiger partial charge is 0.0586 e. The van der Waals surface area contributed by atoms with E-state index in [0.29, 0.717) is 0 Å². The number of halogens is 2. The number of aliphatic hydroxyl groups excluding tert-OH is 1. The number of aliphatic hydroxyl groups is 1. The first-order valence-electron chi connectivity index (χ1n) is 6.70. The van der Waals surface area contributed by atoms with Crippen LogP contribution in [0.25, 0.3) is 0 Å². The summed E-state index contributed by atoms with van der Waals surface area (Å²) in [5.41, 5.74) is 1.13. The van der Waals surface area contributed by atoms with Crippen molar-refractivity contribution in [2.45, 2.75) is 37.8 Å². The number of benzene rings is 1. The van der Waals surface area contributed by atoms with Crippen molar-refractivity contribution in [3.63, 3.8) is 0 Å². The topological polar surface area (TPSA) is 23.5 Å². The third-order valence-corrected chi connectivity index (χ3v) is 4.31. The Balaban J connectivity index is 0.00000180. The van der Waals surface area contributed by atoms with Gasteiger partial charge in [0, 0.05) is 17.0 Å². The van der Waals surface area contributed by atoms with Crippen molar-refractivity contribution in [2.75, 3.05) is 14.1 Å². The largest absolute Gasteiger partial charge is 0.393 e. The number of hydrogen-bond donors (Lipinski definition) is 1. The average molecular weight is 304 g/mol. The average Bonchev–Trinajstić information content (AvgIpc) is 2.34. The third kappa shape index (κ3) is 3.85. The highest BCUT2D eigenvalue weighted by molar-refractivity contribution is 6.31. The van der Waals surface area contributed by atoms with E-state index in [0.717, 1.165) is 29.8 Å². The molecule has 1 N–H and O–H groups in total. The van der Waals surface area contributed by atoms with Crippen molar-refractivity contribution in [3.8, 4) is 0 Å². The standard InChI is InChI=1S/C15H22ClNO.ClH/c1-17(2)15(11-7-3-5-9-13(11)16)12-8-4-6-10-14(12)18;/h3,5,7,9,12,14-15,18H,4,6,8,10H2,1-2H3;1H. The molecule has 0 aromatic heterocycles. The normalized spacial score (nSPS) is 24.9. The maximum absolute atomic E-state index is 10.3. The predicted molar refractivity (Wildman–Crippen MR) is 83.1 cm³/mol. The van der Waals surface area contributed by atoms with Crippen molar-refractivity contribution in [1.29, 1.82) is 0 Å². The van der Waals surface area contributed by atoms with Gasteiger partial charge in [0.2, 0.25) is 0 Å². The van der Waals surface area contributed by atoms with E-state index < -0.39 is 0 Å². The fourth-order valence-corrected chi connectivity index (χ4v) is 3.36. The minimum atomic E-state index is -0.206. The van der Waals surface area contributed by atoms with Gasteiger partial charge in [-0.15, -0.1) is 12.4 Å². The maximum atomic E-state index is 10.3. The van der Waals surface area contributed by atoms with Gasteiger partial charge in [-0.05, 0) is 38.6 Å². The van der Waals surface area contributed by atoms with E-state index in [1.165, 1.54) is 6.42 Å². The molecule has 0 amide bonds. The molecule has 108 valence electrons. The summed E-state index contributed by atoms with van der Waals surface area (Å²) >= 11 is 6.32. The molecule has 0 radical (unpaired) electrons. The quantitative estimate of drug-likeness (QED) is 0.915. The molecule has 1 aromatic carbocycles. The lowest BCUT2D eigenvalue weighted by atomic mass is 9.78. The SMILES string of the molecule is CN(C)C(c1ccccc1Cl)C1CCCCC1O.Cl. The molecule has 2 nitrogen and oxygen atoms in total. The van der Waals surface area contributed by atoms with Crippen molar-refractivity contribution in [1.82, 2.24) is 4.90 Å². The summed E-state index contributed by atoms with van der Waals surface area (Å²) in [6, 6.07) is 8.19. The van der Waals surface area contributed by atoms with E-state index >= 15 is 0 Å². The van der Waals surface area contributed by atoms with Crippen LogP contribution < -0.4 is 0 Å². The Morgan fingerprint density at radius 1 is 1.21 bits per heavy atom. The van der Waals surface area contributed by atoms with E-state index in [4.69, 9.17) is 11.6 Å². The Bertz CT molecular complexity index is 397. The number of hydrogen-bond acceptors (Lipinski definition) is 2. The Kier molecular flexibility index (Phi) is 6.61. The first-order valence-corrected chi connectivity index (χ1v) is 7.08. The van der Waals surface area contributed by atoms with Gasteiger partial charge >= 0.3 is 0 Å². The molecular weight excluding hydrogens is 281 g/mol. The van der Waals surface area contributed by atoms with Crippen molar-refractivity contribution in [3.05, 3.63) is 34.9 Å². The van der Waals surface area contributed by atoms with Crippen molar-refractivity contribution in [2.24, 2.45) is 5.92 Å². The lowest BCUT2D eigenvalue weighted by Gasteiger charge is -2.38. The highest BCUT2D eigenvalue weighted by Gasteiger charge is 2.33. The maximum Gasteiger partial charge on any atom is 0.0586 e. The molecule has 0 bridgehead atoms. The van der Waals surface area contributed by atoms with Gasteiger partial charge in [0.1, 0.15) is 0 Å². The van der Waals surface area contributed by atoms with Crippen LogP contribution in [0, 0.1) is 5.92 Å². The Labute approximate surface area is 127 Å². The van der Waals surface area contributed by atoms with Crippen LogP contribution in [0.3, 0.4) is 0 Å². The number of rotatable bonds is 3. The molecule has 3 atom stereocenters. The van der Waals surface area contributed by atoms with E-state index in [2.05, 4.69) is 25.1 Å². The van der Waals surface area contributed by atoms with Gasteiger partial charge in [0.05, 0.1) is 6.10 Å². The Morgan fingerprint density at radius 2 is 1.84 bits per heavy atom. The zero-order valence-corrected chi connectivity index (χ0v) is 13.1. The molecule has 1 aromatic rings. The predicted octanol–water partition coefficient (Wildman–Crippen LogP) is 3.92. The summed E-state index contributed by atoms with van der Waals surface area (Å²) in [4.78, 5) is 2.18. The van der Waals surface area contributed by atoms with Crippen LogP contribution in [0.5, 0.6) is 0 Å². The second kappa shape index (κ2) is 7.49. The molecule has 0 spiro atoms. The van der Waals surface area contributed by atoms with Crippen LogP contribution in [0.2, 0.25) is 5.02 Å². The van der Waals surface area contributed by atoms with Gasteiger partial charge in [-0.3, -0.25) is 0 Å². The monoisotopic (exact) mass is 303 g/mol. The molecule has 2 rings (SSSR count). The summed E-state index contributed by atoms with van der Waals surface area (Å²) in [5.74, 6) is 0.286. The second-order valence-corrected chi connectivity index (χ2v) is 5.85. The molecular formula is C15H23Cl2NO. The van der Waals surface area contributed by atoms with E-state index in [-0.39, 0.29) is 30.5 Å². The fraction of sp³-hybridized carbons (Fsp3) is 0.600. The molecule has 0 saturated heterocycles. The van der Waals surface area contributed by atoms with Gasteiger partial charge in [-0.25, -0.2) is 0 Å². The molecule has 3 unspecified atom stereocenters. The molecule has 0 aliphatic heterocycles. The van der Waals surface area contributed by atoms with E-state index in [9.17, 15) is 5.11 Å². The van der Waals surface area contributed by atoms with Gasteiger partial charge < -0.3 is 10.0 Å². The minimum Gasteiger partial charge on any atom is -0.393 e. The lowest BCUT2D eigenvalue weighted by Crippen LogP contribution is -2.36. The minimum absolute atomic E-state index is 0. The van der Waals surface area contributed by atoms with Gasteiger partial charge in [0.15, 0.2) is 0 Å². The van der Waals surface area contributed by atoms with Crippen LogP contribution in [-0.4, -0.2) is 30.2 Å². The molecule has 4 heteroatoms. The molecule has 1 fully saturated rings. The Morgan fingerprint density at radius 3 is 2.42 bits per heavy atom. The lowest BCUT2D eigenvalue weighted by molar-refractivity contribution is 0.0221. The zero-order valence-electron chi connectivity index (χ0n) is 11.6. The number of nitrogens with zero attached hydrogens (tertiary/aromatic N) is 1. The van der Waals surface area contributed by atoms with E-state index in [1.807, 2.05) is 18.2 Å². The molecule has 19 heavy (non-hydrogen) atoms. The van der Waals surface area contributed by atoms with Gasteiger partial charge in [0.25, 0.3) is 0 Å². The van der Waals surface area contributed by atoms with E-state index in [1.54, 1.807) is 0 Å².